The Bertz CT molecular complexity index is 762. The van der Waals surface area contributed by atoms with Crippen molar-refractivity contribution in [3.63, 3.8) is 0 Å². The van der Waals surface area contributed by atoms with E-state index in [1.807, 2.05) is 56.3 Å². The third kappa shape index (κ3) is 6.11. The number of likely N-dealkylation sites (N-methyl/N-ethyl adjacent to an activating group) is 1. The topological polar surface area (TPSA) is 70.7 Å². The van der Waals surface area contributed by atoms with Crippen LogP contribution in [0.1, 0.15) is 25.5 Å². The van der Waals surface area contributed by atoms with Crippen LogP contribution in [0.3, 0.4) is 0 Å². The summed E-state index contributed by atoms with van der Waals surface area (Å²) < 4.78 is 5.20. The summed E-state index contributed by atoms with van der Waals surface area (Å²) in [4.78, 5) is 26.9. The van der Waals surface area contributed by atoms with Gasteiger partial charge in [-0.05, 0) is 38.6 Å². The quantitative estimate of drug-likeness (QED) is 0.751. The average molecular weight is 369 g/mol. The SMILES string of the molecule is COc1cccc(NC(=O)[C@@H](c2ccccc2)N(C)CC(=O)NC(C)C)c1. The summed E-state index contributed by atoms with van der Waals surface area (Å²) in [7, 11) is 3.34. The molecule has 0 aliphatic heterocycles. The first-order chi connectivity index (χ1) is 12.9. The molecule has 0 saturated heterocycles. The highest BCUT2D eigenvalue weighted by molar-refractivity contribution is 5.96. The van der Waals surface area contributed by atoms with Gasteiger partial charge in [-0.15, -0.1) is 0 Å². The zero-order valence-electron chi connectivity index (χ0n) is 16.2. The number of carbonyl (C=O) groups excluding carboxylic acids is 2. The summed E-state index contributed by atoms with van der Waals surface area (Å²) in [5.74, 6) is 0.325. The van der Waals surface area contributed by atoms with E-state index in [1.54, 1.807) is 31.2 Å². The predicted molar refractivity (Wildman–Crippen MR) is 107 cm³/mol. The van der Waals surface area contributed by atoms with Crippen LogP contribution in [0.5, 0.6) is 5.75 Å². The number of anilines is 1. The molecule has 0 aliphatic rings. The van der Waals surface area contributed by atoms with Gasteiger partial charge in [-0.3, -0.25) is 14.5 Å². The Morgan fingerprint density at radius 3 is 2.41 bits per heavy atom. The van der Waals surface area contributed by atoms with Crippen LogP contribution < -0.4 is 15.4 Å². The number of hydrogen-bond donors (Lipinski definition) is 2. The molecule has 27 heavy (non-hydrogen) atoms. The maximum atomic E-state index is 13.0. The fourth-order valence-corrected chi connectivity index (χ4v) is 2.84. The average Bonchev–Trinajstić information content (AvgIpc) is 2.62. The lowest BCUT2D eigenvalue weighted by Crippen LogP contribution is -2.43. The Morgan fingerprint density at radius 1 is 1.07 bits per heavy atom. The fraction of sp³-hybridized carbons (Fsp3) is 0.333. The van der Waals surface area contributed by atoms with E-state index in [1.165, 1.54) is 0 Å². The van der Waals surface area contributed by atoms with Gasteiger partial charge in [0.05, 0.1) is 13.7 Å². The molecule has 2 amide bonds. The first-order valence-corrected chi connectivity index (χ1v) is 8.90. The number of amides is 2. The van der Waals surface area contributed by atoms with E-state index in [0.29, 0.717) is 11.4 Å². The minimum atomic E-state index is -0.602. The standard InChI is InChI=1S/C21H27N3O3/c1-15(2)22-19(25)14-24(3)20(16-9-6-5-7-10-16)21(26)23-17-11-8-12-18(13-17)27-4/h5-13,15,20H,14H2,1-4H3,(H,22,25)(H,23,26)/t20-/m1/s1. The van der Waals surface area contributed by atoms with E-state index in [2.05, 4.69) is 10.6 Å². The lowest BCUT2D eigenvalue weighted by molar-refractivity contribution is -0.125. The van der Waals surface area contributed by atoms with Gasteiger partial charge in [-0.1, -0.05) is 36.4 Å². The number of rotatable bonds is 8. The molecule has 144 valence electrons. The molecule has 0 saturated carbocycles. The van der Waals surface area contributed by atoms with Gasteiger partial charge < -0.3 is 15.4 Å². The zero-order chi connectivity index (χ0) is 19.8. The number of carbonyl (C=O) groups is 2. The van der Waals surface area contributed by atoms with Gasteiger partial charge in [0, 0.05) is 17.8 Å². The number of nitrogens with one attached hydrogen (secondary N) is 2. The Kier molecular flexibility index (Phi) is 7.37. The lowest BCUT2D eigenvalue weighted by Gasteiger charge is -2.27. The van der Waals surface area contributed by atoms with Crippen molar-refractivity contribution in [1.29, 1.82) is 0 Å². The molecule has 2 N–H and O–H groups in total. The van der Waals surface area contributed by atoms with Crippen molar-refractivity contribution in [3.8, 4) is 5.75 Å². The van der Waals surface area contributed by atoms with Crippen LogP contribution in [-0.4, -0.2) is 43.5 Å². The molecular weight excluding hydrogens is 342 g/mol. The van der Waals surface area contributed by atoms with Crippen LogP contribution in [-0.2, 0) is 9.59 Å². The molecule has 0 bridgehead atoms. The fourth-order valence-electron chi connectivity index (χ4n) is 2.84. The van der Waals surface area contributed by atoms with Crippen LogP contribution in [0.25, 0.3) is 0 Å². The molecule has 2 aromatic carbocycles. The maximum Gasteiger partial charge on any atom is 0.246 e. The first kappa shape index (κ1) is 20.5. The van der Waals surface area contributed by atoms with Crippen molar-refractivity contribution < 1.29 is 14.3 Å². The van der Waals surface area contributed by atoms with Crippen molar-refractivity contribution in [2.24, 2.45) is 0 Å². The van der Waals surface area contributed by atoms with Crippen LogP contribution in [0.15, 0.2) is 54.6 Å². The second-order valence-corrected chi connectivity index (χ2v) is 6.67. The molecule has 0 radical (unpaired) electrons. The molecule has 1 atom stereocenters. The van der Waals surface area contributed by atoms with Gasteiger partial charge in [-0.2, -0.15) is 0 Å². The molecule has 6 heteroatoms. The second-order valence-electron chi connectivity index (χ2n) is 6.67. The van der Waals surface area contributed by atoms with Gasteiger partial charge in [0.1, 0.15) is 11.8 Å². The van der Waals surface area contributed by atoms with E-state index in [4.69, 9.17) is 4.74 Å². The van der Waals surface area contributed by atoms with Crippen molar-refractivity contribution in [3.05, 3.63) is 60.2 Å². The van der Waals surface area contributed by atoms with E-state index in [-0.39, 0.29) is 24.4 Å². The van der Waals surface area contributed by atoms with Crippen molar-refractivity contribution in [1.82, 2.24) is 10.2 Å². The van der Waals surface area contributed by atoms with Crippen LogP contribution in [0, 0.1) is 0 Å². The van der Waals surface area contributed by atoms with E-state index < -0.39 is 6.04 Å². The summed E-state index contributed by atoms with van der Waals surface area (Å²) in [5.41, 5.74) is 1.46. The Balaban J connectivity index is 2.21. The summed E-state index contributed by atoms with van der Waals surface area (Å²) >= 11 is 0. The third-order valence-electron chi connectivity index (χ3n) is 3.98. The molecular formula is C21H27N3O3. The number of hydrogen-bond acceptors (Lipinski definition) is 4. The molecule has 2 aromatic rings. The van der Waals surface area contributed by atoms with Crippen LogP contribution >= 0.6 is 0 Å². The van der Waals surface area contributed by atoms with Gasteiger partial charge in [0.15, 0.2) is 0 Å². The second kappa shape index (κ2) is 9.73. The predicted octanol–water partition coefficient (Wildman–Crippen LogP) is 2.83. The molecule has 0 unspecified atom stereocenters. The number of nitrogens with zero attached hydrogens (tertiary/aromatic N) is 1. The van der Waals surface area contributed by atoms with Crippen molar-refractivity contribution in [2.45, 2.75) is 25.9 Å². The monoisotopic (exact) mass is 369 g/mol. The normalized spacial score (nSPS) is 11.9. The molecule has 6 nitrogen and oxygen atoms in total. The smallest absolute Gasteiger partial charge is 0.246 e. The highest BCUT2D eigenvalue weighted by atomic mass is 16.5. The summed E-state index contributed by atoms with van der Waals surface area (Å²) in [5, 5.41) is 5.77. The molecule has 0 aliphatic carbocycles. The molecule has 0 spiro atoms. The van der Waals surface area contributed by atoms with E-state index >= 15 is 0 Å². The van der Waals surface area contributed by atoms with Crippen molar-refractivity contribution >= 4 is 17.5 Å². The largest absolute Gasteiger partial charge is 0.497 e. The Hall–Kier alpha value is -2.86. The zero-order valence-corrected chi connectivity index (χ0v) is 16.2. The van der Waals surface area contributed by atoms with E-state index in [0.717, 1.165) is 5.56 Å². The lowest BCUT2D eigenvalue weighted by atomic mass is 10.0. The molecule has 0 aromatic heterocycles. The highest BCUT2D eigenvalue weighted by Crippen LogP contribution is 2.23. The summed E-state index contributed by atoms with van der Waals surface area (Å²) in [6.07, 6.45) is 0. The van der Waals surface area contributed by atoms with Crippen LogP contribution in [0.4, 0.5) is 5.69 Å². The van der Waals surface area contributed by atoms with Gasteiger partial charge in [0.2, 0.25) is 11.8 Å². The molecule has 0 fully saturated rings. The van der Waals surface area contributed by atoms with Crippen LogP contribution in [0.2, 0.25) is 0 Å². The third-order valence-corrected chi connectivity index (χ3v) is 3.98. The number of ether oxygens (including phenoxy) is 1. The Labute approximate surface area is 160 Å². The number of methoxy groups -OCH3 is 1. The molecule has 2 rings (SSSR count). The van der Waals surface area contributed by atoms with Gasteiger partial charge >= 0.3 is 0 Å². The maximum absolute atomic E-state index is 13.0. The first-order valence-electron chi connectivity index (χ1n) is 8.90. The Morgan fingerprint density at radius 2 is 1.78 bits per heavy atom. The minimum Gasteiger partial charge on any atom is -0.497 e. The summed E-state index contributed by atoms with van der Waals surface area (Å²) in [6.45, 7) is 3.92. The number of benzene rings is 2. The molecule has 0 heterocycles. The van der Waals surface area contributed by atoms with Crippen molar-refractivity contribution in [2.75, 3.05) is 26.0 Å². The highest BCUT2D eigenvalue weighted by Gasteiger charge is 2.26. The van der Waals surface area contributed by atoms with E-state index in [9.17, 15) is 9.59 Å². The minimum absolute atomic E-state index is 0.0479. The van der Waals surface area contributed by atoms with Gasteiger partial charge in [-0.25, -0.2) is 0 Å². The van der Waals surface area contributed by atoms with Gasteiger partial charge in [0.25, 0.3) is 0 Å². The summed E-state index contributed by atoms with van der Waals surface area (Å²) in [6, 6.07) is 16.0.